The first-order valence-corrected chi connectivity index (χ1v) is 12.0. The Kier molecular flexibility index (Phi) is 12.1. The molecule has 5 atom stereocenters. The Bertz CT molecular complexity index is 971. The maximum atomic E-state index is 12.1. The third-order valence-corrected chi connectivity index (χ3v) is 5.16. The lowest BCUT2D eigenvalue weighted by Gasteiger charge is -2.47. The van der Waals surface area contributed by atoms with Crippen LogP contribution in [0.1, 0.15) is 40.2 Å². The highest BCUT2D eigenvalue weighted by Crippen LogP contribution is 2.32. The van der Waals surface area contributed by atoms with Crippen LogP contribution in [-0.4, -0.2) is 85.2 Å². The Labute approximate surface area is 220 Å². The highest BCUT2D eigenvalue weighted by Gasteiger charge is 2.54. The first kappa shape index (κ1) is 30.7. The Morgan fingerprint density at radius 2 is 1.39 bits per heavy atom. The van der Waals surface area contributed by atoms with Crippen LogP contribution in [0.15, 0.2) is 30.3 Å². The maximum absolute atomic E-state index is 12.1. The van der Waals surface area contributed by atoms with Gasteiger partial charge in [0.25, 0.3) is 0 Å². The molecule has 1 fully saturated rings. The molecular formula is C25H34N2O11. The van der Waals surface area contributed by atoms with Crippen molar-refractivity contribution < 1.29 is 52.5 Å². The lowest BCUT2D eigenvalue weighted by atomic mass is 9.96. The molecule has 1 aromatic rings. The van der Waals surface area contributed by atoms with Gasteiger partial charge in [-0.2, -0.15) is 5.06 Å². The molecule has 0 unspecified atom stereocenters. The molecule has 1 saturated heterocycles. The third kappa shape index (κ3) is 10.1. The van der Waals surface area contributed by atoms with E-state index in [4.69, 9.17) is 28.5 Å². The van der Waals surface area contributed by atoms with Gasteiger partial charge in [0.2, 0.25) is 5.91 Å². The van der Waals surface area contributed by atoms with Crippen molar-refractivity contribution in [2.24, 2.45) is 0 Å². The minimum absolute atomic E-state index is 0.0132. The lowest BCUT2D eigenvalue weighted by Crippen LogP contribution is -2.66. The van der Waals surface area contributed by atoms with Crippen LogP contribution in [0.5, 0.6) is 0 Å². The van der Waals surface area contributed by atoms with Crippen LogP contribution in [-0.2, 0) is 59.0 Å². The highest BCUT2D eigenvalue weighted by molar-refractivity contribution is 5.72. The molecule has 0 saturated carbocycles. The van der Waals surface area contributed by atoms with Gasteiger partial charge in [-0.25, -0.2) is 0 Å². The zero-order chi connectivity index (χ0) is 28.2. The summed E-state index contributed by atoms with van der Waals surface area (Å²) in [6.07, 6.45) is -6.28. The monoisotopic (exact) mass is 538 g/mol. The number of nitrogens with one attached hydrogen (secondary N) is 1. The van der Waals surface area contributed by atoms with E-state index < -0.39 is 54.5 Å². The van der Waals surface area contributed by atoms with Gasteiger partial charge < -0.3 is 29.0 Å². The van der Waals surface area contributed by atoms with Crippen molar-refractivity contribution in [3.05, 3.63) is 35.9 Å². The van der Waals surface area contributed by atoms with E-state index in [0.717, 1.165) is 26.3 Å². The largest absolute Gasteiger partial charge is 0.463 e. The van der Waals surface area contributed by atoms with Crippen LogP contribution in [0.25, 0.3) is 0 Å². The van der Waals surface area contributed by atoms with Gasteiger partial charge in [0.1, 0.15) is 12.7 Å². The van der Waals surface area contributed by atoms with E-state index in [-0.39, 0.29) is 32.2 Å². The molecule has 38 heavy (non-hydrogen) atoms. The number of amides is 1. The molecule has 1 aliphatic heterocycles. The molecule has 210 valence electrons. The Morgan fingerprint density at radius 3 is 1.95 bits per heavy atom. The van der Waals surface area contributed by atoms with Crippen molar-refractivity contribution in [1.29, 1.82) is 0 Å². The first-order chi connectivity index (χ1) is 18.0. The molecule has 1 N–H and O–H groups in total. The van der Waals surface area contributed by atoms with Gasteiger partial charge in [-0.05, 0) is 5.56 Å². The second kappa shape index (κ2) is 15.0. The van der Waals surface area contributed by atoms with Gasteiger partial charge in [-0.15, -0.1) is 0 Å². The minimum atomic E-state index is -1.34. The SMILES string of the molecule is CC(=O)NCCON(Cc1ccccc1)[C@@H]1O[C@H](COC(C)=O)[C@@H](OC(C)=O)[C@H](OC(C)=O)[C@H]1OC(C)=O. The van der Waals surface area contributed by atoms with Gasteiger partial charge in [0, 0.05) is 41.2 Å². The van der Waals surface area contributed by atoms with Crippen molar-refractivity contribution in [2.75, 3.05) is 19.8 Å². The fourth-order valence-electron chi connectivity index (χ4n) is 3.80. The average molecular weight is 539 g/mol. The Morgan fingerprint density at radius 1 is 0.816 bits per heavy atom. The normalized spacial score (nSPS) is 22.7. The molecule has 13 nitrogen and oxygen atoms in total. The standard InChI is InChI=1S/C25H34N2O11/c1-15(28)26-11-12-34-27(13-20-9-7-6-8-10-20)25-24(37-19(5)32)23(36-18(4)31)22(35-17(3)30)21(38-25)14-33-16(2)29/h6-10,21-25H,11-14H2,1-5H3,(H,26,28)/t21-,22-,23+,24-,25-/m1/s1. The van der Waals surface area contributed by atoms with Gasteiger partial charge in [-0.1, -0.05) is 30.3 Å². The number of hydrogen-bond acceptors (Lipinski definition) is 12. The predicted octanol–water partition coefficient (Wildman–Crippen LogP) is 0.639. The van der Waals surface area contributed by atoms with Gasteiger partial charge in [0.15, 0.2) is 24.5 Å². The molecule has 0 bridgehead atoms. The van der Waals surface area contributed by atoms with E-state index in [0.29, 0.717) is 0 Å². The number of rotatable bonds is 12. The summed E-state index contributed by atoms with van der Waals surface area (Å²) >= 11 is 0. The van der Waals surface area contributed by atoms with E-state index in [1.165, 1.54) is 18.9 Å². The molecule has 0 spiro atoms. The van der Waals surface area contributed by atoms with Crippen molar-refractivity contribution in [3.63, 3.8) is 0 Å². The summed E-state index contributed by atoms with van der Waals surface area (Å²) in [6, 6.07) is 9.13. The molecule has 1 amide bonds. The van der Waals surface area contributed by atoms with E-state index in [9.17, 15) is 24.0 Å². The van der Waals surface area contributed by atoms with E-state index in [2.05, 4.69) is 5.32 Å². The summed E-state index contributed by atoms with van der Waals surface area (Å²) in [7, 11) is 0. The van der Waals surface area contributed by atoms with E-state index in [1.807, 2.05) is 30.3 Å². The summed E-state index contributed by atoms with van der Waals surface area (Å²) in [4.78, 5) is 64.9. The number of carbonyl (C=O) groups excluding carboxylic acids is 5. The topological polar surface area (TPSA) is 156 Å². The van der Waals surface area contributed by atoms with E-state index in [1.54, 1.807) is 0 Å². The molecular weight excluding hydrogens is 504 g/mol. The second-order valence-electron chi connectivity index (χ2n) is 8.47. The smallest absolute Gasteiger partial charge is 0.303 e. The average Bonchev–Trinajstić information content (AvgIpc) is 2.82. The molecule has 1 heterocycles. The fourth-order valence-corrected chi connectivity index (χ4v) is 3.80. The number of esters is 4. The number of hydroxylamine groups is 2. The molecule has 0 aromatic heterocycles. The fraction of sp³-hybridized carbons (Fsp3) is 0.560. The Hall–Kier alpha value is -3.55. The number of nitrogens with zero attached hydrogens (tertiary/aromatic N) is 1. The van der Waals surface area contributed by atoms with Crippen molar-refractivity contribution in [1.82, 2.24) is 10.4 Å². The van der Waals surface area contributed by atoms with E-state index >= 15 is 0 Å². The van der Waals surface area contributed by atoms with Gasteiger partial charge in [0.05, 0.1) is 13.2 Å². The highest BCUT2D eigenvalue weighted by atomic mass is 16.7. The third-order valence-electron chi connectivity index (χ3n) is 5.16. The van der Waals surface area contributed by atoms with Crippen molar-refractivity contribution in [3.8, 4) is 0 Å². The van der Waals surface area contributed by atoms with Crippen LogP contribution >= 0.6 is 0 Å². The number of carbonyl (C=O) groups is 5. The zero-order valence-corrected chi connectivity index (χ0v) is 22.0. The minimum Gasteiger partial charge on any atom is -0.463 e. The molecule has 1 aliphatic rings. The lowest BCUT2D eigenvalue weighted by molar-refractivity contribution is -0.340. The van der Waals surface area contributed by atoms with Crippen LogP contribution in [0.4, 0.5) is 0 Å². The first-order valence-electron chi connectivity index (χ1n) is 12.0. The van der Waals surface area contributed by atoms with Crippen LogP contribution < -0.4 is 5.32 Å². The van der Waals surface area contributed by atoms with Crippen LogP contribution in [0.3, 0.4) is 0 Å². The zero-order valence-electron chi connectivity index (χ0n) is 22.0. The van der Waals surface area contributed by atoms with Crippen LogP contribution in [0.2, 0.25) is 0 Å². The Balaban J connectivity index is 2.51. The maximum Gasteiger partial charge on any atom is 0.303 e. The van der Waals surface area contributed by atoms with Crippen molar-refractivity contribution in [2.45, 2.75) is 71.8 Å². The summed E-state index contributed by atoms with van der Waals surface area (Å²) in [6.45, 7) is 5.94. The molecule has 2 rings (SSSR count). The summed E-state index contributed by atoms with van der Waals surface area (Å²) in [5, 5.41) is 3.98. The predicted molar refractivity (Wildman–Crippen MR) is 129 cm³/mol. The number of ether oxygens (including phenoxy) is 5. The van der Waals surface area contributed by atoms with Gasteiger partial charge in [-0.3, -0.25) is 28.8 Å². The number of hydrogen-bond donors (Lipinski definition) is 1. The molecule has 1 aromatic carbocycles. The second-order valence-corrected chi connectivity index (χ2v) is 8.47. The number of benzene rings is 1. The van der Waals surface area contributed by atoms with Crippen molar-refractivity contribution >= 4 is 29.8 Å². The summed E-state index contributed by atoms with van der Waals surface area (Å²) in [5.74, 6) is -3.06. The summed E-state index contributed by atoms with van der Waals surface area (Å²) in [5.41, 5.74) is 0.792. The quantitative estimate of drug-likeness (QED) is 0.172. The van der Waals surface area contributed by atoms with Crippen LogP contribution in [0, 0.1) is 0 Å². The molecule has 0 radical (unpaired) electrons. The van der Waals surface area contributed by atoms with Gasteiger partial charge >= 0.3 is 23.9 Å². The molecule has 0 aliphatic carbocycles. The molecule has 13 heteroatoms. The summed E-state index contributed by atoms with van der Waals surface area (Å²) < 4.78 is 27.7.